The highest BCUT2D eigenvalue weighted by atomic mass is 127. The van der Waals surface area contributed by atoms with Gasteiger partial charge in [0.25, 0.3) is 0 Å². The lowest BCUT2D eigenvalue weighted by molar-refractivity contribution is 0.136. The number of benzene rings is 1. The molecule has 0 aromatic heterocycles. The molecule has 1 aliphatic heterocycles. The van der Waals surface area contributed by atoms with Gasteiger partial charge in [-0.05, 0) is 42.0 Å². The van der Waals surface area contributed by atoms with Crippen LogP contribution in [0.4, 0.5) is 15.8 Å². The summed E-state index contributed by atoms with van der Waals surface area (Å²) < 4.78 is 14.1. The normalized spacial score (nSPS) is 21.9. The molecule has 0 saturated carbocycles. The van der Waals surface area contributed by atoms with Gasteiger partial charge in [0.05, 0.1) is 21.0 Å². The molecule has 3 nitrogen and oxygen atoms in total. The summed E-state index contributed by atoms with van der Waals surface area (Å²) in [5.74, 6) is 0.00652. The van der Waals surface area contributed by atoms with Gasteiger partial charge in [0.2, 0.25) is 0 Å². The fraction of sp³-hybridized carbons (Fsp3) is 0.500. The van der Waals surface area contributed by atoms with Crippen molar-refractivity contribution >= 4 is 34.0 Å². The highest BCUT2D eigenvalue weighted by Gasteiger charge is 2.27. The molecule has 0 aliphatic carbocycles. The highest BCUT2D eigenvalue weighted by molar-refractivity contribution is 14.1. The van der Waals surface area contributed by atoms with E-state index in [2.05, 4.69) is 0 Å². The second-order valence-electron chi connectivity index (χ2n) is 4.56. The monoisotopic (exact) mass is 350 g/mol. The molecule has 17 heavy (non-hydrogen) atoms. The van der Waals surface area contributed by atoms with Crippen molar-refractivity contribution in [1.29, 1.82) is 0 Å². The van der Waals surface area contributed by atoms with Gasteiger partial charge < -0.3 is 15.7 Å². The van der Waals surface area contributed by atoms with Gasteiger partial charge in [-0.3, -0.25) is 0 Å². The Morgan fingerprint density at radius 2 is 2.29 bits per heavy atom. The van der Waals surface area contributed by atoms with Crippen LogP contribution in [-0.2, 0) is 0 Å². The van der Waals surface area contributed by atoms with E-state index in [9.17, 15) is 9.50 Å². The van der Waals surface area contributed by atoms with Crippen molar-refractivity contribution in [2.45, 2.75) is 19.4 Å². The van der Waals surface area contributed by atoms with E-state index in [4.69, 9.17) is 5.73 Å². The number of aliphatic hydroxyl groups is 1. The van der Waals surface area contributed by atoms with Gasteiger partial charge in [-0.15, -0.1) is 0 Å². The Hall–Kier alpha value is -0.560. The van der Waals surface area contributed by atoms with E-state index >= 15 is 0 Å². The molecule has 3 N–H and O–H groups in total. The van der Waals surface area contributed by atoms with Crippen molar-refractivity contribution in [3.05, 3.63) is 21.5 Å². The van der Waals surface area contributed by atoms with Crippen molar-refractivity contribution < 1.29 is 9.50 Å². The average Bonchev–Trinajstić information content (AvgIpc) is 2.72. The quantitative estimate of drug-likeness (QED) is 0.635. The maximum Gasteiger partial charge on any atom is 0.138 e. The lowest BCUT2D eigenvalue weighted by Gasteiger charge is -2.21. The second kappa shape index (κ2) is 4.97. The molecule has 1 heterocycles. The Morgan fingerprint density at radius 1 is 1.59 bits per heavy atom. The average molecular weight is 350 g/mol. The molecule has 0 bridgehead atoms. The topological polar surface area (TPSA) is 49.5 Å². The molecule has 2 rings (SSSR count). The van der Waals surface area contributed by atoms with Crippen molar-refractivity contribution in [3.63, 3.8) is 0 Å². The first-order chi connectivity index (χ1) is 7.99. The van der Waals surface area contributed by atoms with Crippen LogP contribution in [0, 0.1) is 15.3 Å². The zero-order valence-electron chi connectivity index (χ0n) is 9.66. The molecule has 0 radical (unpaired) electrons. The molecular formula is C12H16FIN2O. The molecule has 0 spiro atoms. The number of hydrogen-bond donors (Lipinski definition) is 2. The number of anilines is 2. The van der Waals surface area contributed by atoms with E-state index in [0.29, 0.717) is 9.26 Å². The molecule has 2 atom stereocenters. The first kappa shape index (κ1) is 12.9. The van der Waals surface area contributed by atoms with Crippen molar-refractivity contribution in [2.24, 2.45) is 5.92 Å². The van der Waals surface area contributed by atoms with E-state index in [1.165, 1.54) is 6.07 Å². The van der Waals surface area contributed by atoms with Crippen molar-refractivity contribution in [2.75, 3.05) is 23.7 Å². The Balaban J connectivity index is 2.22. The SMILES string of the molecule is CC(O)C1CCN(c2cc(F)c(I)cc2N)C1. The van der Waals surface area contributed by atoms with E-state index in [1.54, 1.807) is 13.0 Å². The van der Waals surface area contributed by atoms with Crippen LogP contribution < -0.4 is 10.6 Å². The molecule has 0 amide bonds. The van der Waals surface area contributed by atoms with Crippen LogP contribution in [0.3, 0.4) is 0 Å². The summed E-state index contributed by atoms with van der Waals surface area (Å²) >= 11 is 1.93. The largest absolute Gasteiger partial charge is 0.397 e. The van der Waals surface area contributed by atoms with E-state index in [0.717, 1.165) is 25.2 Å². The number of nitrogen functional groups attached to an aromatic ring is 1. The number of hydrogen-bond acceptors (Lipinski definition) is 3. The predicted molar refractivity (Wildman–Crippen MR) is 75.5 cm³/mol. The summed E-state index contributed by atoms with van der Waals surface area (Å²) in [7, 11) is 0. The summed E-state index contributed by atoms with van der Waals surface area (Å²) in [6, 6.07) is 3.14. The molecule has 1 aromatic rings. The molecule has 1 aromatic carbocycles. The fourth-order valence-corrected chi connectivity index (χ4v) is 2.72. The molecule has 1 aliphatic rings. The first-order valence-electron chi connectivity index (χ1n) is 5.66. The summed E-state index contributed by atoms with van der Waals surface area (Å²) in [6.07, 6.45) is 0.597. The minimum Gasteiger partial charge on any atom is -0.397 e. The summed E-state index contributed by atoms with van der Waals surface area (Å²) in [5, 5.41) is 9.55. The number of nitrogens with zero attached hydrogens (tertiary/aromatic N) is 1. The third-order valence-corrected chi connectivity index (χ3v) is 4.14. The lowest BCUT2D eigenvalue weighted by atomic mass is 10.0. The van der Waals surface area contributed by atoms with Crippen LogP contribution in [0.15, 0.2) is 12.1 Å². The third-order valence-electron chi connectivity index (χ3n) is 3.32. The molecule has 5 heteroatoms. The summed E-state index contributed by atoms with van der Waals surface area (Å²) in [6.45, 7) is 3.35. The summed E-state index contributed by atoms with van der Waals surface area (Å²) in [4.78, 5) is 2.05. The van der Waals surface area contributed by atoms with Crippen LogP contribution in [-0.4, -0.2) is 24.3 Å². The van der Waals surface area contributed by atoms with Crippen molar-refractivity contribution in [3.8, 4) is 0 Å². The minimum absolute atomic E-state index is 0.240. The van der Waals surface area contributed by atoms with Gasteiger partial charge >= 0.3 is 0 Å². The second-order valence-corrected chi connectivity index (χ2v) is 5.72. The van der Waals surface area contributed by atoms with Gasteiger partial charge in [-0.2, -0.15) is 0 Å². The predicted octanol–water partition coefficient (Wildman–Crippen LogP) is 2.22. The maximum absolute atomic E-state index is 13.5. The van der Waals surface area contributed by atoms with Crippen molar-refractivity contribution in [1.82, 2.24) is 0 Å². The van der Waals surface area contributed by atoms with Gasteiger partial charge in [-0.1, -0.05) is 0 Å². The number of aliphatic hydroxyl groups excluding tert-OH is 1. The van der Waals surface area contributed by atoms with Gasteiger partial charge in [0.1, 0.15) is 5.82 Å². The van der Waals surface area contributed by atoms with Crippen LogP contribution >= 0.6 is 22.6 Å². The molecule has 1 fully saturated rings. The zero-order valence-corrected chi connectivity index (χ0v) is 11.8. The Labute approximate surface area is 114 Å². The number of halogens is 2. The van der Waals surface area contributed by atoms with Gasteiger partial charge in [0, 0.05) is 25.1 Å². The highest BCUT2D eigenvalue weighted by Crippen LogP contribution is 2.32. The Kier molecular flexibility index (Phi) is 3.77. The first-order valence-corrected chi connectivity index (χ1v) is 6.74. The third kappa shape index (κ3) is 2.65. The fourth-order valence-electron chi connectivity index (χ4n) is 2.23. The minimum atomic E-state index is -0.324. The smallest absolute Gasteiger partial charge is 0.138 e. The summed E-state index contributed by atoms with van der Waals surface area (Å²) in [5.41, 5.74) is 7.26. The van der Waals surface area contributed by atoms with Crippen LogP contribution in [0.2, 0.25) is 0 Å². The van der Waals surface area contributed by atoms with Gasteiger partial charge in [-0.25, -0.2) is 4.39 Å². The Morgan fingerprint density at radius 3 is 2.88 bits per heavy atom. The van der Waals surface area contributed by atoms with Crippen LogP contribution in [0.1, 0.15) is 13.3 Å². The standard InChI is InChI=1S/C12H16FIN2O/c1-7(17)8-2-3-16(6-8)12-4-9(13)10(14)5-11(12)15/h4-5,7-8,17H,2-3,6,15H2,1H3. The maximum atomic E-state index is 13.5. The number of nitrogens with two attached hydrogens (primary N) is 1. The molecule has 94 valence electrons. The Bertz CT molecular complexity index is 425. The van der Waals surface area contributed by atoms with E-state index in [-0.39, 0.29) is 17.8 Å². The lowest BCUT2D eigenvalue weighted by Crippen LogP contribution is -2.24. The molecule has 2 unspecified atom stereocenters. The van der Waals surface area contributed by atoms with Crippen LogP contribution in [0.25, 0.3) is 0 Å². The molecule has 1 saturated heterocycles. The zero-order chi connectivity index (χ0) is 12.6. The van der Waals surface area contributed by atoms with E-state index < -0.39 is 0 Å². The van der Waals surface area contributed by atoms with Crippen LogP contribution in [0.5, 0.6) is 0 Å². The molecular weight excluding hydrogens is 334 g/mol. The van der Waals surface area contributed by atoms with E-state index in [1.807, 2.05) is 27.5 Å². The van der Waals surface area contributed by atoms with Gasteiger partial charge in [0.15, 0.2) is 0 Å². The number of rotatable bonds is 2.